The van der Waals surface area contributed by atoms with E-state index in [1.807, 2.05) is 0 Å². The summed E-state index contributed by atoms with van der Waals surface area (Å²) in [6, 6.07) is 8.24. The normalized spacial score (nSPS) is 10.1. The lowest BCUT2D eigenvalue weighted by atomic mass is 10.2. The van der Waals surface area contributed by atoms with Crippen LogP contribution in [-0.2, 0) is 0 Å². The Labute approximate surface area is 104 Å². The summed E-state index contributed by atoms with van der Waals surface area (Å²) < 4.78 is 5.58. The van der Waals surface area contributed by atoms with Crippen LogP contribution in [0.2, 0.25) is 0 Å². The van der Waals surface area contributed by atoms with Crippen molar-refractivity contribution in [1.82, 2.24) is 4.98 Å². The van der Waals surface area contributed by atoms with Gasteiger partial charge in [-0.3, -0.25) is 9.78 Å². The zero-order valence-corrected chi connectivity index (χ0v) is 9.88. The Morgan fingerprint density at radius 3 is 2.50 bits per heavy atom. The molecule has 2 aromatic rings. The zero-order valence-electron chi connectivity index (χ0n) is 9.88. The van der Waals surface area contributed by atoms with E-state index in [1.165, 1.54) is 13.1 Å². The molecule has 0 saturated carbocycles. The van der Waals surface area contributed by atoms with Gasteiger partial charge in [-0.2, -0.15) is 0 Å². The predicted octanol–water partition coefficient (Wildman–Crippen LogP) is 2.24. The van der Waals surface area contributed by atoms with Crippen molar-refractivity contribution in [2.24, 2.45) is 0 Å². The number of carbonyl (C=O) groups is 1. The average Bonchev–Trinajstić information content (AvgIpc) is 2.34. The molecule has 0 aliphatic heterocycles. The number of pyridine rings is 1. The molecule has 1 aromatic heterocycles. The van der Waals surface area contributed by atoms with E-state index >= 15 is 0 Å². The fraction of sp³-hybridized carbons (Fsp3) is 0.0769. The molecule has 0 spiro atoms. The highest BCUT2D eigenvalue weighted by Crippen LogP contribution is 2.26. The molecule has 0 radical (unpaired) electrons. The summed E-state index contributed by atoms with van der Waals surface area (Å²) >= 11 is 0. The number of nitrogens with two attached hydrogens (primary N) is 2. The van der Waals surface area contributed by atoms with E-state index in [4.69, 9.17) is 16.2 Å². The quantitative estimate of drug-likeness (QED) is 0.637. The summed E-state index contributed by atoms with van der Waals surface area (Å²) in [6.07, 6.45) is 1.52. The van der Waals surface area contributed by atoms with Crippen molar-refractivity contribution in [3.05, 3.63) is 42.2 Å². The second kappa shape index (κ2) is 4.75. The first kappa shape index (κ1) is 11.9. The maximum atomic E-state index is 11.2. The van der Waals surface area contributed by atoms with Crippen molar-refractivity contribution in [3.8, 4) is 11.5 Å². The summed E-state index contributed by atoms with van der Waals surface area (Å²) in [5.74, 6) is 0.971. The molecular weight excluding hydrogens is 230 g/mol. The summed E-state index contributed by atoms with van der Waals surface area (Å²) in [6.45, 7) is 1.45. The van der Waals surface area contributed by atoms with Crippen LogP contribution in [0, 0.1) is 0 Å². The van der Waals surface area contributed by atoms with Crippen LogP contribution in [0.4, 0.5) is 11.4 Å². The number of carbonyl (C=O) groups excluding carboxylic acids is 1. The molecule has 92 valence electrons. The van der Waals surface area contributed by atoms with Gasteiger partial charge in [0.1, 0.15) is 17.2 Å². The lowest BCUT2D eigenvalue weighted by Gasteiger charge is -2.08. The number of benzene rings is 1. The Hall–Kier alpha value is -2.56. The number of hydrogen-bond donors (Lipinski definition) is 2. The first-order chi connectivity index (χ1) is 8.56. The van der Waals surface area contributed by atoms with Gasteiger partial charge in [0.25, 0.3) is 0 Å². The molecule has 0 atom stereocenters. The minimum absolute atomic E-state index is 0.114. The van der Waals surface area contributed by atoms with E-state index in [-0.39, 0.29) is 5.78 Å². The fourth-order valence-electron chi connectivity index (χ4n) is 1.42. The van der Waals surface area contributed by atoms with Gasteiger partial charge in [-0.15, -0.1) is 0 Å². The molecule has 0 unspecified atom stereocenters. The Kier molecular flexibility index (Phi) is 3.14. The van der Waals surface area contributed by atoms with Crippen LogP contribution in [0.3, 0.4) is 0 Å². The number of nitrogens with zero attached hydrogens (tertiary/aromatic N) is 1. The van der Waals surface area contributed by atoms with Crippen LogP contribution in [0.5, 0.6) is 11.5 Å². The molecule has 18 heavy (non-hydrogen) atoms. The minimum Gasteiger partial charge on any atom is -0.457 e. The Bertz CT molecular complexity index is 597. The van der Waals surface area contributed by atoms with E-state index < -0.39 is 0 Å². The van der Waals surface area contributed by atoms with Gasteiger partial charge in [-0.25, -0.2) is 0 Å². The van der Waals surface area contributed by atoms with Crippen LogP contribution < -0.4 is 16.2 Å². The lowest BCUT2D eigenvalue weighted by Crippen LogP contribution is -1.97. The third-order valence-corrected chi connectivity index (χ3v) is 2.39. The third kappa shape index (κ3) is 2.57. The fourth-order valence-corrected chi connectivity index (χ4v) is 1.42. The van der Waals surface area contributed by atoms with Gasteiger partial charge in [0.2, 0.25) is 0 Å². The molecule has 0 fully saturated rings. The van der Waals surface area contributed by atoms with Crippen LogP contribution >= 0.6 is 0 Å². The lowest BCUT2D eigenvalue weighted by molar-refractivity contribution is 0.101. The summed E-state index contributed by atoms with van der Waals surface area (Å²) in [7, 11) is 0. The highest BCUT2D eigenvalue weighted by Gasteiger charge is 2.04. The van der Waals surface area contributed by atoms with E-state index in [0.29, 0.717) is 28.6 Å². The van der Waals surface area contributed by atoms with Crippen LogP contribution in [0.1, 0.15) is 17.4 Å². The molecule has 0 aliphatic carbocycles. The Balaban J connectivity index is 2.25. The molecule has 5 nitrogen and oxygen atoms in total. The molecule has 0 aliphatic rings. The number of hydrogen-bond acceptors (Lipinski definition) is 5. The van der Waals surface area contributed by atoms with Crippen molar-refractivity contribution in [2.45, 2.75) is 6.92 Å². The monoisotopic (exact) mass is 243 g/mol. The van der Waals surface area contributed by atoms with Crippen molar-refractivity contribution < 1.29 is 9.53 Å². The van der Waals surface area contributed by atoms with Gasteiger partial charge in [0.05, 0.1) is 11.4 Å². The van der Waals surface area contributed by atoms with E-state index in [2.05, 4.69) is 4.98 Å². The summed E-state index contributed by atoms with van der Waals surface area (Å²) in [5.41, 5.74) is 12.6. The van der Waals surface area contributed by atoms with Gasteiger partial charge in [-0.05, 0) is 18.2 Å². The smallest absolute Gasteiger partial charge is 0.178 e. The van der Waals surface area contributed by atoms with Gasteiger partial charge in [0, 0.05) is 25.3 Å². The average molecular weight is 243 g/mol. The van der Waals surface area contributed by atoms with Crippen LogP contribution in [0.15, 0.2) is 36.5 Å². The zero-order chi connectivity index (χ0) is 13.1. The number of rotatable bonds is 3. The van der Waals surface area contributed by atoms with Crippen molar-refractivity contribution in [1.29, 1.82) is 0 Å². The van der Waals surface area contributed by atoms with Gasteiger partial charge < -0.3 is 16.2 Å². The molecular formula is C13H13N3O2. The number of aromatic nitrogens is 1. The van der Waals surface area contributed by atoms with E-state index in [0.717, 1.165) is 0 Å². The molecule has 5 heteroatoms. The number of ether oxygens (including phenoxy) is 1. The van der Waals surface area contributed by atoms with Gasteiger partial charge in [-0.1, -0.05) is 0 Å². The Morgan fingerprint density at radius 2 is 1.83 bits per heavy atom. The maximum Gasteiger partial charge on any atom is 0.178 e. The largest absolute Gasteiger partial charge is 0.457 e. The molecule has 2 rings (SSSR count). The van der Waals surface area contributed by atoms with Crippen LogP contribution in [-0.4, -0.2) is 10.8 Å². The first-order valence-electron chi connectivity index (χ1n) is 5.36. The number of ketones is 1. The van der Waals surface area contributed by atoms with Crippen molar-refractivity contribution >= 4 is 17.2 Å². The standard InChI is InChI=1S/C13H13N3O2/c1-8(17)13-7-10(4-5-16-13)18-9-2-3-11(14)12(15)6-9/h2-7H,14-15H2,1H3. The van der Waals surface area contributed by atoms with E-state index in [9.17, 15) is 4.79 Å². The van der Waals surface area contributed by atoms with Gasteiger partial charge in [0.15, 0.2) is 5.78 Å². The molecule has 0 bridgehead atoms. The third-order valence-electron chi connectivity index (χ3n) is 2.39. The highest BCUT2D eigenvalue weighted by atomic mass is 16.5. The van der Waals surface area contributed by atoms with Crippen molar-refractivity contribution in [3.63, 3.8) is 0 Å². The number of Topliss-reactive ketones (excluding diaryl/α,β-unsaturated/α-hetero) is 1. The van der Waals surface area contributed by atoms with Gasteiger partial charge >= 0.3 is 0 Å². The number of anilines is 2. The summed E-state index contributed by atoms with van der Waals surface area (Å²) in [4.78, 5) is 15.1. The highest BCUT2D eigenvalue weighted by molar-refractivity contribution is 5.92. The summed E-state index contributed by atoms with van der Waals surface area (Å²) in [5, 5.41) is 0. The second-order valence-corrected chi connectivity index (χ2v) is 3.83. The maximum absolute atomic E-state index is 11.2. The first-order valence-corrected chi connectivity index (χ1v) is 5.36. The SMILES string of the molecule is CC(=O)c1cc(Oc2ccc(N)c(N)c2)ccn1. The van der Waals surface area contributed by atoms with Crippen LogP contribution in [0.25, 0.3) is 0 Å². The molecule has 1 aromatic carbocycles. The molecule has 0 amide bonds. The predicted molar refractivity (Wildman–Crippen MR) is 69.6 cm³/mol. The topological polar surface area (TPSA) is 91.2 Å². The molecule has 0 saturated heterocycles. The second-order valence-electron chi connectivity index (χ2n) is 3.83. The molecule has 4 N–H and O–H groups in total. The number of nitrogen functional groups attached to an aromatic ring is 2. The van der Waals surface area contributed by atoms with E-state index in [1.54, 1.807) is 30.3 Å². The molecule has 1 heterocycles. The Morgan fingerprint density at radius 1 is 1.11 bits per heavy atom. The van der Waals surface area contributed by atoms with Crippen molar-refractivity contribution in [2.75, 3.05) is 11.5 Å². The minimum atomic E-state index is -0.114.